The average molecular weight is 389 g/mol. The first-order chi connectivity index (χ1) is 13.0. The lowest BCUT2D eigenvalue weighted by Crippen LogP contribution is -2.45. The summed E-state index contributed by atoms with van der Waals surface area (Å²) in [5.41, 5.74) is 2.24. The molecule has 0 aliphatic rings. The number of rotatable bonds is 9. The van der Waals surface area contributed by atoms with Gasteiger partial charge in [0.1, 0.15) is 0 Å². The minimum Gasteiger partial charge on any atom is -0.337 e. The number of nitrogens with zero attached hydrogens (tertiary/aromatic N) is 2. The Morgan fingerprint density at radius 1 is 1.11 bits per heavy atom. The largest absolute Gasteiger partial charge is 0.337 e. The molecule has 27 heavy (non-hydrogen) atoms. The van der Waals surface area contributed by atoms with Crippen molar-refractivity contribution in [3.63, 3.8) is 0 Å². The first-order valence-electron chi connectivity index (χ1n) is 9.03. The van der Waals surface area contributed by atoms with Crippen molar-refractivity contribution in [2.24, 2.45) is 0 Å². The molecule has 2 aromatic rings. The van der Waals surface area contributed by atoms with Crippen LogP contribution >= 0.6 is 11.3 Å². The third kappa shape index (κ3) is 6.69. The monoisotopic (exact) mass is 388 g/mol. The third-order valence-electron chi connectivity index (χ3n) is 4.36. The summed E-state index contributed by atoms with van der Waals surface area (Å²) in [6, 6.07) is 11.7. The maximum Gasteiger partial charge on any atom is 0.315 e. The highest BCUT2D eigenvalue weighted by Crippen LogP contribution is 2.19. The molecule has 1 heterocycles. The van der Waals surface area contributed by atoms with Crippen LogP contribution in [0.5, 0.6) is 0 Å². The predicted octanol–water partition coefficient (Wildman–Crippen LogP) is 2.70. The highest BCUT2D eigenvalue weighted by molar-refractivity contribution is 7.07. The zero-order valence-electron chi connectivity index (χ0n) is 16.1. The van der Waals surface area contributed by atoms with E-state index in [9.17, 15) is 9.59 Å². The van der Waals surface area contributed by atoms with E-state index in [-0.39, 0.29) is 24.5 Å². The van der Waals surface area contributed by atoms with Crippen LogP contribution in [-0.4, -0.2) is 55.5 Å². The molecule has 6 nitrogen and oxygen atoms in total. The maximum atomic E-state index is 12.4. The van der Waals surface area contributed by atoms with E-state index < -0.39 is 0 Å². The van der Waals surface area contributed by atoms with Gasteiger partial charge in [-0.2, -0.15) is 11.3 Å². The Bertz CT molecular complexity index is 704. The molecule has 0 aliphatic carbocycles. The van der Waals surface area contributed by atoms with E-state index in [1.165, 1.54) is 5.56 Å². The van der Waals surface area contributed by atoms with Gasteiger partial charge in [-0.3, -0.25) is 4.79 Å². The molecule has 0 fully saturated rings. The summed E-state index contributed by atoms with van der Waals surface area (Å²) in [5, 5.41) is 9.63. The van der Waals surface area contributed by atoms with Crippen molar-refractivity contribution in [3.05, 3.63) is 58.3 Å². The van der Waals surface area contributed by atoms with Crippen molar-refractivity contribution in [1.29, 1.82) is 0 Å². The van der Waals surface area contributed by atoms with Gasteiger partial charge in [0.2, 0.25) is 5.91 Å². The van der Waals surface area contributed by atoms with E-state index in [0.717, 1.165) is 5.56 Å². The fourth-order valence-electron chi connectivity index (χ4n) is 2.76. The van der Waals surface area contributed by atoms with Crippen molar-refractivity contribution in [2.45, 2.75) is 19.5 Å². The van der Waals surface area contributed by atoms with Crippen molar-refractivity contribution in [2.75, 3.05) is 33.7 Å². The Balaban J connectivity index is 1.78. The van der Waals surface area contributed by atoms with Crippen molar-refractivity contribution in [3.8, 4) is 0 Å². The summed E-state index contributed by atoms with van der Waals surface area (Å²) in [6.45, 7) is 3.53. The van der Waals surface area contributed by atoms with Gasteiger partial charge in [0.15, 0.2) is 0 Å². The summed E-state index contributed by atoms with van der Waals surface area (Å²) in [6.07, 6.45) is 0. The molecular weight excluding hydrogens is 360 g/mol. The van der Waals surface area contributed by atoms with Crippen LogP contribution in [0.25, 0.3) is 0 Å². The molecule has 2 N–H and O–H groups in total. The summed E-state index contributed by atoms with van der Waals surface area (Å²) < 4.78 is 0. The molecule has 7 heteroatoms. The smallest absolute Gasteiger partial charge is 0.315 e. The van der Waals surface area contributed by atoms with Crippen LogP contribution in [0.2, 0.25) is 0 Å². The van der Waals surface area contributed by atoms with E-state index in [4.69, 9.17) is 0 Å². The first kappa shape index (κ1) is 20.9. The van der Waals surface area contributed by atoms with Crippen LogP contribution in [0.15, 0.2) is 47.2 Å². The topological polar surface area (TPSA) is 64.7 Å². The van der Waals surface area contributed by atoms with Gasteiger partial charge in [-0.25, -0.2) is 4.79 Å². The predicted molar refractivity (Wildman–Crippen MR) is 110 cm³/mol. The van der Waals surface area contributed by atoms with Gasteiger partial charge in [0.05, 0.1) is 12.6 Å². The second-order valence-electron chi connectivity index (χ2n) is 6.49. The number of hydrogen-bond acceptors (Lipinski definition) is 4. The molecular formula is C20H28N4O2S. The summed E-state index contributed by atoms with van der Waals surface area (Å²) in [7, 11) is 3.96. The Labute approximate surface area is 165 Å². The van der Waals surface area contributed by atoms with E-state index >= 15 is 0 Å². The molecule has 0 saturated carbocycles. The minimum absolute atomic E-state index is 0.0163. The molecule has 146 valence electrons. The van der Waals surface area contributed by atoms with Crippen LogP contribution in [-0.2, 0) is 11.3 Å². The Morgan fingerprint density at radius 2 is 1.85 bits per heavy atom. The molecule has 3 amide bonds. The minimum atomic E-state index is -0.332. The van der Waals surface area contributed by atoms with E-state index in [2.05, 4.69) is 27.0 Å². The number of carbonyl (C=O) groups excluding carboxylic acids is 2. The van der Waals surface area contributed by atoms with E-state index in [1.807, 2.05) is 56.7 Å². The zero-order valence-corrected chi connectivity index (χ0v) is 17.0. The quantitative estimate of drug-likeness (QED) is 0.694. The highest BCUT2D eigenvalue weighted by Gasteiger charge is 2.17. The normalized spacial score (nSPS) is 11.9. The summed E-state index contributed by atoms with van der Waals surface area (Å²) in [4.78, 5) is 28.3. The summed E-state index contributed by atoms with van der Waals surface area (Å²) in [5.74, 6) is -0.0986. The molecule has 0 bridgehead atoms. The lowest BCUT2D eigenvalue weighted by atomic mass is 10.1. The Kier molecular flexibility index (Phi) is 8.29. The van der Waals surface area contributed by atoms with E-state index in [0.29, 0.717) is 19.6 Å². The van der Waals surface area contributed by atoms with Crippen LogP contribution in [0.4, 0.5) is 4.79 Å². The molecule has 2 rings (SSSR count). The van der Waals surface area contributed by atoms with Crippen molar-refractivity contribution >= 4 is 23.3 Å². The first-order valence-corrected chi connectivity index (χ1v) is 9.97. The van der Waals surface area contributed by atoms with E-state index in [1.54, 1.807) is 16.2 Å². The van der Waals surface area contributed by atoms with Gasteiger partial charge in [-0.05, 0) is 49.0 Å². The fraction of sp³-hybridized carbons (Fsp3) is 0.400. The molecule has 0 aliphatic heterocycles. The number of thiophene rings is 1. The fourth-order valence-corrected chi connectivity index (χ4v) is 3.47. The van der Waals surface area contributed by atoms with Crippen LogP contribution in [0.3, 0.4) is 0 Å². The van der Waals surface area contributed by atoms with Crippen LogP contribution in [0.1, 0.15) is 24.1 Å². The lowest BCUT2D eigenvalue weighted by molar-refractivity contribution is -0.130. The lowest BCUT2D eigenvalue weighted by Gasteiger charge is -2.24. The molecule has 0 radical (unpaired) electrons. The highest BCUT2D eigenvalue weighted by atomic mass is 32.1. The van der Waals surface area contributed by atoms with Crippen molar-refractivity contribution in [1.82, 2.24) is 20.4 Å². The number of carbonyl (C=O) groups is 2. The molecule has 1 unspecified atom stereocenters. The van der Waals surface area contributed by atoms with Gasteiger partial charge in [0, 0.05) is 19.6 Å². The van der Waals surface area contributed by atoms with Crippen LogP contribution in [0, 0.1) is 0 Å². The average Bonchev–Trinajstić information content (AvgIpc) is 3.19. The number of likely N-dealkylation sites (N-methyl/N-ethyl adjacent to an activating group) is 2. The van der Waals surface area contributed by atoms with Crippen LogP contribution < -0.4 is 10.6 Å². The molecule has 0 spiro atoms. The Morgan fingerprint density at radius 3 is 2.44 bits per heavy atom. The number of benzene rings is 1. The number of urea groups is 1. The molecule has 1 aromatic carbocycles. The van der Waals surface area contributed by atoms with Gasteiger partial charge >= 0.3 is 6.03 Å². The molecule has 1 aromatic heterocycles. The van der Waals surface area contributed by atoms with Gasteiger partial charge < -0.3 is 20.4 Å². The third-order valence-corrected chi connectivity index (χ3v) is 5.06. The number of hydrogen-bond donors (Lipinski definition) is 2. The second kappa shape index (κ2) is 10.7. The number of amides is 3. The van der Waals surface area contributed by atoms with Gasteiger partial charge in [0.25, 0.3) is 0 Å². The summed E-state index contributed by atoms with van der Waals surface area (Å²) >= 11 is 1.63. The standard InChI is InChI=1S/C20H28N4O2S/c1-4-24(14-16-8-6-5-7-9-16)19(25)13-22-20(26)21-12-18(23(2)3)17-10-11-27-15-17/h5-11,15,18H,4,12-14H2,1-3H3,(H2,21,22,26). The second-order valence-corrected chi connectivity index (χ2v) is 7.27. The zero-order chi connectivity index (χ0) is 19.6. The SMILES string of the molecule is CCN(Cc1ccccc1)C(=O)CNC(=O)NCC(c1ccsc1)N(C)C. The Hall–Kier alpha value is -2.38. The molecule has 0 saturated heterocycles. The maximum absolute atomic E-state index is 12.4. The van der Waals surface area contributed by atoms with Crippen molar-refractivity contribution < 1.29 is 9.59 Å². The van der Waals surface area contributed by atoms with Gasteiger partial charge in [-0.15, -0.1) is 0 Å². The number of nitrogens with one attached hydrogen (secondary N) is 2. The van der Waals surface area contributed by atoms with Gasteiger partial charge in [-0.1, -0.05) is 30.3 Å². The molecule has 1 atom stereocenters.